The van der Waals surface area contributed by atoms with E-state index >= 15 is 0 Å². The van der Waals surface area contributed by atoms with Gasteiger partial charge in [0, 0.05) is 11.3 Å². The smallest absolute Gasteiger partial charge is 0.360 e. The molecule has 5 heteroatoms. The van der Waals surface area contributed by atoms with Gasteiger partial charge in [-0.2, -0.15) is 13.2 Å². The Kier molecular flexibility index (Phi) is 5.06. The van der Waals surface area contributed by atoms with E-state index in [-0.39, 0.29) is 0 Å². The van der Waals surface area contributed by atoms with Gasteiger partial charge in [0.05, 0.1) is 31.7 Å². The molecule has 1 fully saturated rings. The lowest BCUT2D eigenvalue weighted by atomic mass is 9.96. The summed E-state index contributed by atoms with van der Waals surface area (Å²) < 4.78 is 39.2. The Morgan fingerprint density at radius 3 is 1.97 bits per heavy atom. The van der Waals surface area contributed by atoms with Crippen LogP contribution >= 0.6 is 0 Å². The van der Waals surface area contributed by atoms with Crippen LogP contribution in [0.1, 0.15) is 11.1 Å². The Labute approximate surface area is 179 Å². The number of hydrogen-bond donors (Lipinski definition) is 1. The predicted octanol–water partition coefficient (Wildman–Crippen LogP) is 4.92. The molecular formula is C26H24F3N2+. The van der Waals surface area contributed by atoms with Crippen molar-refractivity contribution in [2.75, 3.05) is 31.1 Å². The molecule has 0 aromatic heterocycles. The molecule has 4 aromatic rings. The fourth-order valence-electron chi connectivity index (χ4n) is 4.69. The second kappa shape index (κ2) is 7.89. The third kappa shape index (κ3) is 3.98. The van der Waals surface area contributed by atoms with Crippen LogP contribution in [0.2, 0.25) is 0 Å². The molecule has 1 heterocycles. The van der Waals surface area contributed by atoms with Gasteiger partial charge in [0.15, 0.2) is 0 Å². The quantitative estimate of drug-likeness (QED) is 0.462. The molecule has 1 aliphatic rings. The van der Waals surface area contributed by atoms with Crippen molar-refractivity contribution in [1.29, 1.82) is 0 Å². The van der Waals surface area contributed by atoms with Crippen LogP contribution < -0.4 is 9.80 Å². The molecule has 5 rings (SSSR count). The maximum absolute atomic E-state index is 13.1. The van der Waals surface area contributed by atoms with E-state index in [9.17, 15) is 13.2 Å². The largest absolute Gasteiger partial charge is 0.416 e. The van der Waals surface area contributed by atoms with Crippen LogP contribution in [0.3, 0.4) is 0 Å². The number of benzene rings is 4. The Morgan fingerprint density at radius 1 is 0.742 bits per heavy atom. The number of rotatable bonds is 3. The Hall–Kier alpha value is -3.05. The van der Waals surface area contributed by atoms with Crippen LogP contribution in [0.5, 0.6) is 0 Å². The van der Waals surface area contributed by atoms with Gasteiger partial charge in [-0.1, -0.05) is 54.6 Å². The summed E-state index contributed by atoms with van der Waals surface area (Å²) in [6.07, 6.45) is -4.31. The average molecular weight is 421 g/mol. The topological polar surface area (TPSA) is 7.68 Å². The summed E-state index contributed by atoms with van der Waals surface area (Å²) in [5.41, 5.74) is 1.43. The standard InChI is InChI=1S/C26H23F3N2/c27-26(28,29)21-8-5-9-22(17-21)31-14-12-30(13-15-31)18-25-23-10-3-1-6-19(23)16-20-7-2-4-11-24(20)25/h1-11,16-17H,12-15,18H2/p+1. The van der Waals surface area contributed by atoms with E-state index in [0.29, 0.717) is 5.69 Å². The summed E-state index contributed by atoms with van der Waals surface area (Å²) in [6.45, 7) is 4.21. The highest BCUT2D eigenvalue weighted by Gasteiger charge is 2.31. The maximum Gasteiger partial charge on any atom is 0.416 e. The zero-order valence-electron chi connectivity index (χ0n) is 17.1. The van der Waals surface area contributed by atoms with Crippen LogP contribution in [0, 0.1) is 0 Å². The van der Waals surface area contributed by atoms with Gasteiger partial charge < -0.3 is 9.80 Å². The molecule has 158 valence electrons. The summed E-state index contributed by atoms with van der Waals surface area (Å²) in [5, 5.41) is 5.07. The molecule has 0 amide bonds. The van der Waals surface area contributed by atoms with Crippen LogP contribution in [-0.4, -0.2) is 26.2 Å². The number of quaternary nitrogens is 1. The molecule has 0 atom stereocenters. The van der Waals surface area contributed by atoms with Gasteiger partial charge in [0.1, 0.15) is 6.54 Å². The summed E-state index contributed by atoms with van der Waals surface area (Å²) >= 11 is 0. The molecule has 31 heavy (non-hydrogen) atoms. The van der Waals surface area contributed by atoms with Crippen molar-refractivity contribution in [3.05, 3.63) is 90.0 Å². The molecule has 1 aliphatic heterocycles. The highest BCUT2D eigenvalue weighted by Crippen LogP contribution is 2.32. The number of piperazine rings is 1. The molecule has 0 aliphatic carbocycles. The van der Waals surface area contributed by atoms with E-state index in [1.165, 1.54) is 44.1 Å². The summed E-state index contributed by atoms with van der Waals surface area (Å²) in [5.74, 6) is 0. The number of nitrogens with zero attached hydrogens (tertiary/aromatic N) is 1. The monoisotopic (exact) mass is 421 g/mol. The van der Waals surface area contributed by atoms with E-state index in [0.717, 1.165) is 38.8 Å². The number of anilines is 1. The zero-order valence-corrected chi connectivity index (χ0v) is 17.1. The van der Waals surface area contributed by atoms with E-state index in [1.807, 2.05) is 0 Å². The van der Waals surface area contributed by atoms with Crippen LogP contribution in [-0.2, 0) is 12.7 Å². The summed E-state index contributed by atoms with van der Waals surface area (Å²) in [4.78, 5) is 3.53. The fourth-order valence-corrected chi connectivity index (χ4v) is 4.69. The molecule has 1 N–H and O–H groups in total. The third-order valence-electron chi connectivity index (χ3n) is 6.32. The molecule has 0 bridgehead atoms. The zero-order chi connectivity index (χ0) is 21.4. The van der Waals surface area contributed by atoms with Crippen molar-refractivity contribution >= 4 is 27.2 Å². The van der Waals surface area contributed by atoms with Crippen molar-refractivity contribution in [1.82, 2.24) is 0 Å². The third-order valence-corrected chi connectivity index (χ3v) is 6.32. The van der Waals surface area contributed by atoms with Crippen LogP contribution in [0.25, 0.3) is 21.5 Å². The second-order valence-electron chi connectivity index (χ2n) is 8.26. The predicted molar refractivity (Wildman–Crippen MR) is 120 cm³/mol. The minimum Gasteiger partial charge on any atom is -0.360 e. The van der Waals surface area contributed by atoms with Gasteiger partial charge in [-0.3, -0.25) is 0 Å². The normalized spacial score (nSPS) is 15.6. The SMILES string of the molecule is FC(F)(F)c1cccc(N2CC[NH+](Cc3c4ccccc4cc4ccccc34)CC2)c1. The van der Waals surface area contributed by atoms with Crippen molar-refractivity contribution < 1.29 is 18.1 Å². The number of alkyl halides is 3. The first-order valence-corrected chi connectivity index (χ1v) is 10.6. The van der Waals surface area contributed by atoms with E-state index in [2.05, 4.69) is 59.5 Å². The minimum absolute atomic E-state index is 0.581. The molecule has 2 nitrogen and oxygen atoms in total. The van der Waals surface area contributed by atoms with Crippen molar-refractivity contribution in [3.8, 4) is 0 Å². The van der Waals surface area contributed by atoms with Crippen LogP contribution in [0.15, 0.2) is 78.9 Å². The first-order valence-electron chi connectivity index (χ1n) is 10.6. The maximum atomic E-state index is 13.1. The van der Waals surface area contributed by atoms with E-state index < -0.39 is 11.7 Å². The summed E-state index contributed by atoms with van der Waals surface area (Å²) in [7, 11) is 0. The first kappa shape index (κ1) is 19.9. The lowest BCUT2D eigenvalue weighted by Crippen LogP contribution is -3.13. The van der Waals surface area contributed by atoms with E-state index in [1.54, 1.807) is 6.07 Å². The van der Waals surface area contributed by atoms with Gasteiger partial charge >= 0.3 is 6.18 Å². The average Bonchev–Trinajstić information content (AvgIpc) is 2.79. The van der Waals surface area contributed by atoms with Gasteiger partial charge in [-0.25, -0.2) is 0 Å². The number of nitrogens with one attached hydrogen (secondary N) is 1. The number of fused-ring (bicyclic) bond motifs is 2. The van der Waals surface area contributed by atoms with Crippen molar-refractivity contribution in [3.63, 3.8) is 0 Å². The van der Waals surface area contributed by atoms with E-state index in [4.69, 9.17) is 0 Å². The molecule has 0 spiro atoms. The Bertz CT molecular complexity index is 1170. The number of halogens is 3. The van der Waals surface area contributed by atoms with Crippen molar-refractivity contribution in [2.45, 2.75) is 12.7 Å². The molecule has 1 saturated heterocycles. The minimum atomic E-state index is -4.31. The summed E-state index contributed by atoms with van der Waals surface area (Å²) in [6, 6.07) is 24.9. The molecular weight excluding hydrogens is 397 g/mol. The van der Waals surface area contributed by atoms with Gasteiger partial charge in [0.2, 0.25) is 0 Å². The molecule has 0 radical (unpaired) electrons. The lowest BCUT2D eigenvalue weighted by Gasteiger charge is -2.34. The highest BCUT2D eigenvalue weighted by molar-refractivity contribution is 6.02. The first-order chi connectivity index (χ1) is 15.0. The lowest BCUT2D eigenvalue weighted by molar-refractivity contribution is -0.914. The fraction of sp³-hybridized carbons (Fsp3) is 0.231. The molecule has 0 unspecified atom stereocenters. The Morgan fingerprint density at radius 2 is 1.35 bits per heavy atom. The molecule has 0 saturated carbocycles. The van der Waals surface area contributed by atoms with Gasteiger partial charge in [-0.15, -0.1) is 0 Å². The number of hydrogen-bond acceptors (Lipinski definition) is 1. The Balaban J connectivity index is 1.37. The molecule has 4 aromatic carbocycles. The van der Waals surface area contributed by atoms with Crippen LogP contribution in [0.4, 0.5) is 18.9 Å². The highest BCUT2D eigenvalue weighted by atomic mass is 19.4. The van der Waals surface area contributed by atoms with Gasteiger partial charge in [0.25, 0.3) is 0 Å². The van der Waals surface area contributed by atoms with Gasteiger partial charge in [-0.05, 0) is 45.8 Å². The van der Waals surface area contributed by atoms with Crippen molar-refractivity contribution in [2.24, 2.45) is 0 Å². The second-order valence-corrected chi connectivity index (χ2v) is 8.26.